The van der Waals surface area contributed by atoms with E-state index in [1.54, 1.807) is 0 Å². The molecule has 0 aromatic heterocycles. The van der Waals surface area contributed by atoms with Crippen molar-refractivity contribution in [2.75, 3.05) is 13.1 Å². The van der Waals surface area contributed by atoms with Crippen molar-refractivity contribution < 1.29 is 0 Å². The van der Waals surface area contributed by atoms with Gasteiger partial charge in [0.2, 0.25) is 0 Å². The van der Waals surface area contributed by atoms with E-state index in [1.807, 2.05) is 0 Å². The van der Waals surface area contributed by atoms with Crippen molar-refractivity contribution in [2.24, 2.45) is 0 Å². The number of nitrogens with zero attached hydrogens (tertiary/aromatic N) is 1. The zero-order chi connectivity index (χ0) is 13.2. The molecule has 0 saturated carbocycles. The lowest BCUT2D eigenvalue weighted by Crippen LogP contribution is -2.28. The minimum Gasteiger partial charge on any atom is -0.297 e. The van der Waals surface area contributed by atoms with E-state index in [2.05, 4.69) is 56.0 Å². The normalized spacial score (nSPS) is 12.9. The predicted molar refractivity (Wildman–Crippen MR) is 80.9 cm³/mol. The van der Waals surface area contributed by atoms with Gasteiger partial charge in [0.1, 0.15) is 0 Å². The van der Waals surface area contributed by atoms with Crippen LogP contribution in [0.15, 0.2) is 30.3 Å². The maximum Gasteiger partial charge on any atom is 0.0347 e. The van der Waals surface area contributed by atoms with Gasteiger partial charge in [-0.3, -0.25) is 4.90 Å². The molecular formula is C17H29N. The van der Waals surface area contributed by atoms with Crippen molar-refractivity contribution in [3.8, 4) is 0 Å². The van der Waals surface area contributed by atoms with E-state index in [4.69, 9.17) is 0 Å². The third-order valence-electron chi connectivity index (χ3n) is 3.77. The van der Waals surface area contributed by atoms with E-state index in [0.29, 0.717) is 6.04 Å². The van der Waals surface area contributed by atoms with Gasteiger partial charge in [-0.2, -0.15) is 0 Å². The van der Waals surface area contributed by atoms with Crippen molar-refractivity contribution in [1.82, 2.24) is 4.90 Å². The Hall–Kier alpha value is -0.820. The van der Waals surface area contributed by atoms with Crippen LogP contribution in [-0.4, -0.2) is 18.0 Å². The molecule has 1 aromatic rings. The van der Waals surface area contributed by atoms with Crippen LogP contribution in [0.25, 0.3) is 0 Å². The average molecular weight is 247 g/mol. The van der Waals surface area contributed by atoms with Gasteiger partial charge in [-0.15, -0.1) is 0 Å². The van der Waals surface area contributed by atoms with E-state index >= 15 is 0 Å². The minimum atomic E-state index is 0.609. The minimum absolute atomic E-state index is 0.609. The van der Waals surface area contributed by atoms with Crippen LogP contribution in [0, 0.1) is 0 Å². The smallest absolute Gasteiger partial charge is 0.0347 e. The summed E-state index contributed by atoms with van der Waals surface area (Å²) in [4.78, 5) is 2.58. The first kappa shape index (κ1) is 15.2. The molecule has 0 saturated heterocycles. The molecule has 1 nitrogen and oxygen atoms in total. The predicted octanol–water partition coefficient (Wildman–Crippen LogP) is 5.04. The summed E-state index contributed by atoms with van der Waals surface area (Å²) >= 11 is 0. The van der Waals surface area contributed by atoms with Gasteiger partial charge >= 0.3 is 0 Å². The molecule has 0 aliphatic heterocycles. The van der Waals surface area contributed by atoms with Gasteiger partial charge in [0.25, 0.3) is 0 Å². The van der Waals surface area contributed by atoms with Crippen LogP contribution in [-0.2, 0) is 0 Å². The van der Waals surface area contributed by atoms with Crippen LogP contribution >= 0.6 is 0 Å². The van der Waals surface area contributed by atoms with Crippen molar-refractivity contribution in [1.29, 1.82) is 0 Å². The molecule has 0 spiro atoms. The fourth-order valence-corrected chi connectivity index (χ4v) is 2.66. The van der Waals surface area contributed by atoms with Crippen LogP contribution in [0.1, 0.15) is 64.5 Å². The van der Waals surface area contributed by atoms with E-state index < -0.39 is 0 Å². The SMILES string of the molecule is CCCCCCC(c1ccccc1)N(CC)CC. The highest BCUT2D eigenvalue weighted by Gasteiger charge is 2.16. The highest BCUT2D eigenvalue weighted by atomic mass is 15.1. The maximum absolute atomic E-state index is 2.58. The lowest BCUT2D eigenvalue weighted by molar-refractivity contribution is 0.204. The van der Waals surface area contributed by atoms with Crippen LogP contribution in [0.5, 0.6) is 0 Å². The second kappa shape index (κ2) is 9.16. The summed E-state index contributed by atoms with van der Waals surface area (Å²) in [6, 6.07) is 11.6. The number of unbranched alkanes of at least 4 members (excludes halogenated alkanes) is 3. The first-order valence-corrected chi connectivity index (χ1v) is 7.62. The van der Waals surface area contributed by atoms with Gasteiger partial charge in [0.05, 0.1) is 0 Å². The summed E-state index contributed by atoms with van der Waals surface area (Å²) in [5, 5.41) is 0. The summed E-state index contributed by atoms with van der Waals surface area (Å²) in [7, 11) is 0. The number of hydrogen-bond donors (Lipinski definition) is 0. The van der Waals surface area contributed by atoms with Gasteiger partial charge in [-0.1, -0.05) is 76.8 Å². The molecule has 0 aliphatic rings. The van der Waals surface area contributed by atoms with Gasteiger partial charge in [-0.05, 0) is 25.1 Å². The summed E-state index contributed by atoms with van der Waals surface area (Å²) in [6.07, 6.45) is 6.72. The van der Waals surface area contributed by atoms with Gasteiger partial charge in [0.15, 0.2) is 0 Å². The fourth-order valence-electron chi connectivity index (χ4n) is 2.66. The highest BCUT2D eigenvalue weighted by Crippen LogP contribution is 2.26. The Morgan fingerprint density at radius 1 is 0.889 bits per heavy atom. The molecule has 0 amide bonds. The number of hydrogen-bond acceptors (Lipinski definition) is 1. The van der Waals surface area contributed by atoms with Crippen molar-refractivity contribution >= 4 is 0 Å². The molecular weight excluding hydrogens is 218 g/mol. The van der Waals surface area contributed by atoms with Crippen molar-refractivity contribution in [3.63, 3.8) is 0 Å². The zero-order valence-electron chi connectivity index (χ0n) is 12.4. The molecule has 0 N–H and O–H groups in total. The lowest BCUT2D eigenvalue weighted by atomic mass is 9.98. The molecule has 18 heavy (non-hydrogen) atoms. The van der Waals surface area contributed by atoms with Crippen molar-refractivity contribution in [2.45, 2.75) is 58.9 Å². The summed E-state index contributed by atoms with van der Waals surface area (Å²) in [5.74, 6) is 0. The largest absolute Gasteiger partial charge is 0.297 e. The van der Waals surface area contributed by atoms with E-state index in [0.717, 1.165) is 13.1 Å². The van der Waals surface area contributed by atoms with Crippen molar-refractivity contribution in [3.05, 3.63) is 35.9 Å². The summed E-state index contributed by atoms with van der Waals surface area (Å²) in [5.41, 5.74) is 1.48. The third kappa shape index (κ3) is 4.81. The molecule has 1 heteroatoms. The van der Waals surface area contributed by atoms with Crippen LogP contribution < -0.4 is 0 Å². The summed E-state index contributed by atoms with van der Waals surface area (Å²) in [6.45, 7) is 9.10. The van der Waals surface area contributed by atoms with Crippen LogP contribution in [0.4, 0.5) is 0 Å². The Kier molecular flexibility index (Phi) is 7.75. The van der Waals surface area contributed by atoms with Gasteiger partial charge in [0, 0.05) is 6.04 Å². The maximum atomic E-state index is 2.58. The molecule has 0 bridgehead atoms. The number of rotatable bonds is 9. The van der Waals surface area contributed by atoms with Crippen LogP contribution in [0.3, 0.4) is 0 Å². The molecule has 1 atom stereocenters. The van der Waals surface area contributed by atoms with E-state index in [9.17, 15) is 0 Å². The average Bonchev–Trinajstić information content (AvgIpc) is 2.43. The second-order valence-electron chi connectivity index (χ2n) is 5.00. The Bertz CT molecular complexity index is 290. The molecule has 1 unspecified atom stereocenters. The molecule has 0 radical (unpaired) electrons. The zero-order valence-corrected chi connectivity index (χ0v) is 12.4. The monoisotopic (exact) mass is 247 g/mol. The van der Waals surface area contributed by atoms with Gasteiger partial charge in [-0.25, -0.2) is 0 Å². The van der Waals surface area contributed by atoms with Gasteiger partial charge < -0.3 is 0 Å². The molecule has 0 heterocycles. The Morgan fingerprint density at radius 3 is 2.11 bits per heavy atom. The summed E-state index contributed by atoms with van der Waals surface area (Å²) < 4.78 is 0. The number of benzene rings is 1. The topological polar surface area (TPSA) is 3.24 Å². The fraction of sp³-hybridized carbons (Fsp3) is 0.647. The molecule has 1 aromatic carbocycles. The Labute approximate surface area is 113 Å². The molecule has 0 aliphatic carbocycles. The van der Waals surface area contributed by atoms with E-state index in [-0.39, 0.29) is 0 Å². The first-order valence-electron chi connectivity index (χ1n) is 7.62. The second-order valence-corrected chi connectivity index (χ2v) is 5.00. The van der Waals surface area contributed by atoms with Crippen LogP contribution in [0.2, 0.25) is 0 Å². The molecule has 102 valence electrons. The third-order valence-corrected chi connectivity index (χ3v) is 3.77. The Balaban J connectivity index is 2.63. The van der Waals surface area contributed by atoms with E-state index in [1.165, 1.54) is 37.7 Å². The Morgan fingerprint density at radius 2 is 1.56 bits per heavy atom. The highest BCUT2D eigenvalue weighted by molar-refractivity contribution is 5.19. The molecule has 0 fully saturated rings. The lowest BCUT2D eigenvalue weighted by Gasteiger charge is -2.30. The standard InChI is InChI=1S/C17H29N/c1-4-7-8-12-15-17(18(5-2)6-3)16-13-10-9-11-14-16/h9-11,13-14,17H,4-8,12,15H2,1-3H3. The quantitative estimate of drug-likeness (QED) is 0.553. The first-order chi connectivity index (χ1) is 8.83. The molecule has 1 rings (SSSR count).